The Morgan fingerprint density at radius 1 is 0.565 bits per heavy atom. The molecule has 136 valence electrons. The molecule has 4 unspecified atom stereocenters. The highest BCUT2D eigenvalue weighted by atomic mass is 16.7. The van der Waals surface area contributed by atoms with Gasteiger partial charge in [-0.2, -0.15) is 0 Å². The van der Waals surface area contributed by atoms with E-state index in [9.17, 15) is 0 Å². The molecule has 0 bridgehead atoms. The van der Waals surface area contributed by atoms with Crippen LogP contribution in [0.5, 0.6) is 0 Å². The second kappa shape index (κ2) is 7.79. The van der Waals surface area contributed by atoms with Gasteiger partial charge in [0.05, 0.1) is 24.4 Å². The first kappa shape index (κ1) is 19.1. The van der Waals surface area contributed by atoms with Crippen molar-refractivity contribution < 1.29 is 23.7 Å². The molecule has 2 aliphatic rings. The van der Waals surface area contributed by atoms with E-state index in [0.29, 0.717) is 11.8 Å². The van der Waals surface area contributed by atoms with E-state index < -0.39 is 0 Å². The summed E-state index contributed by atoms with van der Waals surface area (Å²) in [6.07, 6.45) is -0.277. The van der Waals surface area contributed by atoms with E-state index >= 15 is 0 Å². The van der Waals surface area contributed by atoms with Gasteiger partial charge in [-0.15, -0.1) is 0 Å². The molecule has 23 heavy (non-hydrogen) atoms. The summed E-state index contributed by atoms with van der Waals surface area (Å²) in [4.78, 5) is 0. The number of methoxy groups -OCH3 is 2. The van der Waals surface area contributed by atoms with Crippen molar-refractivity contribution in [1.29, 1.82) is 0 Å². The van der Waals surface area contributed by atoms with Crippen LogP contribution in [0, 0.1) is 23.7 Å². The van der Waals surface area contributed by atoms with Crippen LogP contribution in [0.1, 0.15) is 41.5 Å². The molecule has 10 atom stereocenters. The Balaban J connectivity index is 2.06. The molecule has 2 rings (SSSR count). The van der Waals surface area contributed by atoms with Crippen molar-refractivity contribution in [2.24, 2.45) is 23.7 Å². The molecule has 5 heteroatoms. The Morgan fingerprint density at radius 3 is 1.61 bits per heavy atom. The van der Waals surface area contributed by atoms with E-state index in [1.807, 2.05) is 0 Å². The van der Waals surface area contributed by atoms with Crippen molar-refractivity contribution in [2.45, 2.75) is 78.5 Å². The summed E-state index contributed by atoms with van der Waals surface area (Å²) in [5.41, 5.74) is 0. The highest BCUT2D eigenvalue weighted by molar-refractivity contribution is 4.88. The summed E-state index contributed by atoms with van der Waals surface area (Å²) in [6, 6.07) is 0. The molecule has 0 saturated carbocycles. The molecular weight excluding hydrogens is 296 g/mol. The van der Waals surface area contributed by atoms with Gasteiger partial charge in [-0.1, -0.05) is 27.7 Å². The molecule has 2 fully saturated rings. The standard InChI is InChI=1S/C18H34O5/c1-9-12(4)18(22-13(5)15(9)19-7)23-16-10(2)11(3)17(20-8)21-14(16)6/h9-18H,1-8H3/t9-,10?,11?,12?,13?,14-,15-,16+,17+,18+/m1/s1. The van der Waals surface area contributed by atoms with Crippen molar-refractivity contribution >= 4 is 0 Å². The first-order chi connectivity index (χ1) is 10.8. The summed E-state index contributed by atoms with van der Waals surface area (Å²) in [6.45, 7) is 12.9. The van der Waals surface area contributed by atoms with Crippen LogP contribution in [0.3, 0.4) is 0 Å². The van der Waals surface area contributed by atoms with Crippen LogP contribution in [0.15, 0.2) is 0 Å². The van der Waals surface area contributed by atoms with Crippen LogP contribution in [-0.4, -0.2) is 51.2 Å². The Labute approximate surface area is 140 Å². The maximum absolute atomic E-state index is 6.41. The smallest absolute Gasteiger partial charge is 0.161 e. The zero-order chi connectivity index (χ0) is 17.3. The van der Waals surface area contributed by atoms with Crippen molar-refractivity contribution in [1.82, 2.24) is 0 Å². The van der Waals surface area contributed by atoms with Crippen molar-refractivity contribution in [3.8, 4) is 0 Å². The summed E-state index contributed by atoms with van der Waals surface area (Å²) >= 11 is 0. The number of hydrogen-bond donors (Lipinski definition) is 0. The largest absolute Gasteiger partial charge is 0.378 e. The van der Waals surface area contributed by atoms with Gasteiger partial charge in [0.1, 0.15) is 0 Å². The van der Waals surface area contributed by atoms with Gasteiger partial charge in [-0.05, 0) is 25.7 Å². The van der Waals surface area contributed by atoms with Gasteiger partial charge >= 0.3 is 0 Å². The van der Waals surface area contributed by atoms with Gasteiger partial charge in [0.2, 0.25) is 0 Å². The topological polar surface area (TPSA) is 46.2 Å². The van der Waals surface area contributed by atoms with Gasteiger partial charge in [0.15, 0.2) is 12.6 Å². The van der Waals surface area contributed by atoms with Crippen LogP contribution in [0.25, 0.3) is 0 Å². The van der Waals surface area contributed by atoms with Gasteiger partial charge in [-0.3, -0.25) is 0 Å². The minimum absolute atomic E-state index is 0.00217. The van der Waals surface area contributed by atoms with E-state index in [4.69, 9.17) is 23.7 Å². The quantitative estimate of drug-likeness (QED) is 0.793. The van der Waals surface area contributed by atoms with Crippen LogP contribution < -0.4 is 0 Å². The second-order valence-electron chi connectivity index (χ2n) is 7.39. The number of hydrogen-bond acceptors (Lipinski definition) is 5. The zero-order valence-corrected chi connectivity index (χ0v) is 15.8. The molecule has 0 aromatic rings. The fourth-order valence-corrected chi connectivity index (χ4v) is 4.00. The van der Waals surface area contributed by atoms with E-state index in [1.165, 1.54) is 0 Å². The van der Waals surface area contributed by atoms with Crippen molar-refractivity contribution in [3.63, 3.8) is 0 Å². The summed E-state index contributed by atoms with van der Waals surface area (Å²) in [7, 11) is 3.45. The van der Waals surface area contributed by atoms with Gasteiger partial charge in [-0.25, -0.2) is 0 Å². The third kappa shape index (κ3) is 3.74. The van der Waals surface area contributed by atoms with Crippen molar-refractivity contribution in [3.05, 3.63) is 0 Å². The van der Waals surface area contributed by atoms with Gasteiger partial charge in [0, 0.05) is 26.1 Å². The fourth-order valence-electron chi connectivity index (χ4n) is 4.00. The molecule has 0 spiro atoms. The van der Waals surface area contributed by atoms with Crippen LogP contribution in [-0.2, 0) is 23.7 Å². The Hall–Kier alpha value is -0.200. The molecule has 2 heterocycles. The van der Waals surface area contributed by atoms with Crippen molar-refractivity contribution in [2.75, 3.05) is 14.2 Å². The SMILES string of the molecule is CO[C@H]1O[C@H](C)[C@@H](O[C@@H]2OC(C)[C@H](OC)[C@H](C)C2C)C(C)C1C. The fraction of sp³-hybridized carbons (Fsp3) is 1.00. The highest BCUT2D eigenvalue weighted by Crippen LogP contribution is 2.38. The maximum atomic E-state index is 6.41. The summed E-state index contributed by atoms with van der Waals surface area (Å²) in [5.74, 6) is 1.27. The van der Waals surface area contributed by atoms with Crippen LogP contribution >= 0.6 is 0 Å². The lowest BCUT2D eigenvalue weighted by molar-refractivity contribution is -0.322. The lowest BCUT2D eigenvalue weighted by atomic mass is 9.83. The Morgan fingerprint density at radius 2 is 1.04 bits per heavy atom. The molecule has 0 aromatic heterocycles. The molecule has 0 N–H and O–H groups in total. The van der Waals surface area contributed by atoms with E-state index in [0.717, 1.165) is 0 Å². The molecule has 2 saturated heterocycles. The predicted molar refractivity (Wildman–Crippen MR) is 88.0 cm³/mol. The Bertz CT molecular complexity index is 376. The average molecular weight is 330 g/mol. The minimum Gasteiger partial charge on any atom is -0.378 e. The molecule has 5 nitrogen and oxygen atoms in total. The third-order valence-corrected chi connectivity index (χ3v) is 5.97. The average Bonchev–Trinajstić information content (AvgIpc) is 2.52. The van der Waals surface area contributed by atoms with E-state index in [1.54, 1.807) is 14.2 Å². The van der Waals surface area contributed by atoms with Crippen LogP contribution in [0.2, 0.25) is 0 Å². The molecule has 2 aliphatic heterocycles. The van der Waals surface area contributed by atoms with E-state index in [2.05, 4.69) is 41.5 Å². The first-order valence-electron chi connectivity index (χ1n) is 8.83. The first-order valence-corrected chi connectivity index (χ1v) is 8.83. The summed E-state index contributed by atoms with van der Waals surface area (Å²) < 4.78 is 29.5. The monoisotopic (exact) mass is 330 g/mol. The van der Waals surface area contributed by atoms with E-state index in [-0.39, 0.29) is 48.8 Å². The zero-order valence-electron chi connectivity index (χ0n) is 15.8. The van der Waals surface area contributed by atoms with Crippen LogP contribution in [0.4, 0.5) is 0 Å². The molecule has 0 radical (unpaired) electrons. The predicted octanol–water partition coefficient (Wildman–Crippen LogP) is 3.07. The molecular formula is C18H34O5. The minimum atomic E-state index is -0.226. The number of rotatable bonds is 4. The normalized spacial score (nSPS) is 51.7. The van der Waals surface area contributed by atoms with Gasteiger partial charge in [0.25, 0.3) is 0 Å². The molecule has 0 aromatic carbocycles. The highest BCUT2D eigenvalue weighted by Gasteiger charge is 2.45. The lowest BCUT2D eigenvalue weighted by Gasteiger charge is -2.48. The Kier molecular flexibility index (Phi) is 6.48. The maximum Gasteiger partial charge on any atom is 0.161 e. The summed E-state index contributed by atoms with van der Waals surface area (Å²) in [5, 5.41) is 0. The lowest BCUT2D eigenvalue weighted by Crippen LogP contribution is -2.55. The molecule has 0 amide bonds. The van der Waals surface area contributed by atoms with Gasteiger partial charge < -0.3 is 23.7 Å². The number of ether oxygens (including phenoxy) is 5. The molecule has 0 aliphatic carbocycles. The third-order valence-electron chi connectivity index (χ3n) is 5.97. The second-order valence-corrected chi connectivity index (χ2v) is 7.39.